The van der Waals surface area contributed by atoms with Gasteiger partial charge in [-0.15, -0.1) is 5.11 Å². The number of carbonyl (C=O) groups excluding carboxylic acids is 1. The van der Waals surface area contributed by atoms with Crippen LogP contribution in [0.15, 0.2) is 75.4 Å². The Labute approximate surface area is 201 Å². The average molecular weight is 482 g/mol. The zero-order valence-corrected chi connectivity index (χ0v) is 19.9. The first kappa shape index (κ1) is 23.3. The van der Waals surface area contributed by atoms with Gasteiger partial charge in [0.15, 0.2) is 11.9 Å². The van der Waals surface area contributed by atoms with Crippen LogP contribution in [0.2, 0.25) is 0 Å². The van der Waals surface area contributed by atoms with Gasteiger partial charge in [0.05, 0.1) is 11.0 Å². The highest BCUT2D eigenvalue weighted by molar-refractivity contribution is 6.00. The second-order valence-corrected chi connectivity index (χ2v) is 9.92. The molecular formula is C26H26F3N5O. The number of pyridine rings is 1. The van der Waals surface area contributed by atoms with Gasteiger partial charge in [0, 0.05) is 35.1 Å². The number of halogens is 3. The standard InChI is InChI=1S/C26H26F3N5O/c1-5-25(17-8-6-7-15(12-17)16-9-10-30-14(2)11-16)19-18(13-24(3,4)32-23(19)35)31-22-20(25)21(33-34-22)26(27,28)29/h6-12,22,31H,5,13H2,1-4H3,(H,32,35)/t22?,25-/m1/s1. The number of amides is 1. The Bertz CT molecular complexity index is 1320. The molecule has 0 aliphatic carbocycles. The van der Waals surface area contributed by atoms with Gasteiger partial charge in [-0.1, -0.05) is 25.1 Å². The van der Waals surface area contributed by atoms with Crippen LogP contribution in [0.3, 0.4) is 0 Å². The molecule has 1 unspecified atom stereocenters. The van der Waals surface area contributed by atoms with Crippen LogP contribution in [0.25, 0.3) is 11.1 Å². The molecule has 3 aliphatic rings. The maximum atomic E-state index is 14.2. The van der Waals surface area contributed by atoms with Crippen LogP contribution >= 0.6 is 0 Å². The predicted molar refractivity (Wildman–Crippen MR) is 125 cm³/mol. The van der Waals surface area contributed by atoms with Crippen molar-refractivity contribution in [3.8, 4) is 11.1 Å². The molecule has 35 heavy (non-hydrogen) atoms. The minimum absolute atomic E-state index is 0.0239. The average Bonchev–Trinajstić information content (AvgIpc) is 3.21. The van der Waals surface area contributed by atoms with E-state index in [-0.39, 0.29) is 17.9 Å². The van der Waals surface area contributed by atoms with E-state index in [9.17, 15) is 18.0 Å². The fourth-order valence-electron chi connectivity index (χ4n) is 5.62. The van der Waals surface area contributed by atoms with Crippen LogP contribution in [0, 0.1) is 6.92 Å². The highest BCUT2D eigenvalue weighted by Crippen LogP contribution is 2.55. The lowest BCUT2D eigenvalue weighted by molar-refractivity contribution is -0.120. The van der Waals surface area contributed by atoms with Crippen molar-refractivity contribution in [1.29, 1.82) is 0 Å². The van der Waals surface area contributed by atoms with Crippen LogP contribution < -0.4 is 10.6 Å². The maximum absolute atomic E-state index is 14.2. The van der Waals surface area contributed by atoms with E-state index in [1.165, 1.54) is 0 Å². The molecule has 6 nitrogen and oxygen atoms in total. The lowest BCUT2D eigenvalue weighted by Gasteiger charge is -2.48. The van der Waals surface area contributed by atoms with Crippen LogP contribution in [0.5, 0.6) is 0 Å². The number of aryl methyl sites for hydroxylation is 1. The van der Waals surface area contributed by atoms with Gasteiger partial charge >= 0.3 is 6.18 Å². The molecule has 0 spiro atoms. The van der Waals surface area contributed by atoms with Gasteiger partial charge in [0.25, 0.3) is 5.91 Å². The van der Waals surface area contributed by atoms with Crippen LogP contribution in [0.4, 0.5) is 13.2 Å². The number of allylic oxidation sites excluding steroid dienone is 1. The molecule has 2 N–H and O–H groups in total. The summed E-state index contributed by atoms with van der Waals surface area (Å²) in [5.74, 6) is -0.380. The molecule has 2 atom stereocenters. The van der Waals surface area contributed by atoms with Crippen molar-refractivity contribution in [2.75, 3.05) is 0 Å². The number of carbonyl (C=O) groups is 1. The largest absolute Gasteiger partial charge is 0.435 e. The molecule has 0 saturated heterocycles. The fourth-order valence-corrected chi connectivity index (χ4v) is 5.62. The number of benzene rings is 1. The topological polar surface area (TPSA) is 78.7 Å². The number of hydrogen-bond acceptors (Lipinski definition) is 5. The molecule has 9 heteroatoms. The Hall–Kier alpha value is -3.49. The minimum Gasteiger partial charge on any atom is -0.362 e. The number of fused-ring (bicyclic) bond motifs is 1. The van der Waals surface area contributed by atoms with Crippen molar-refractivity contribution >= 4 is 5.91 Å². The third-order valence-electron chi connectivity index (χ3n) is 6.98. The van der Waals surface area contributed by atoms with Crippen molar-refractivity contribution in [2.45, 2.75) is 63.8 Å². The van der Waals surface area contributed by atoms with E-state index in [2.05, 4.69) is 25.8 Å². The second kappa shape index (κ2) is 7.76. The van der Waals surface area contributed by atoms with Crippen molar-refractivity contribution in [1.82, 2.24) is 15.6 Å². The summed E-state index contributed by atoms with van der Waals surface area (Å²) < 4.78 is 42.6. The molecule has 0 bridgehead atoms. The van der Waals surface area contributed by atoms with E-state index in [0.717, 1.165) is 16.8 Å². The summed E-state index contributed by atoms with van der Waals surface area (Å²) in [6.45, 7) is 7.46. The Morgan fingerprint density at radius 3 is 2.57 bits per heavy atom. The highest BCUT2D eigenvalue weighted by Gasteiger charge is 2.57. The van der Waals surface area contributed by atoms with Crippen LogP contribution in [0.1, 0.15) is 44.9 Å². The van der Waals surface area contributed by atoms with E-state index in [0.29, 0.717) is 23.3 Å². The molecular weight excluding hydrogens is 455 g/mol. The fraction of sp³-hybridized carbons (Fsp3) is 0.385. The SMILES string of the molecule is CC[C@@]1(c2cccc(-c3ccnc(C)c3)c2)C2=C(CC(C)(C)NC2=O)NC2N=NC(C(F)(F)F)=C21. The maximum Gasteiger partial charge on any atom is 0.435 e. The lowest BCUT2D eigenvalue weighted by atomic mass is 9.61. The molecule has 5 rings (SSSR count). The van der Waals surface area contributed by atoms with E-state index in [1.807, 2.05) is 58.0 Å². The summed E-state index contributed by atoms with van der Waals surface area (Å²) in [5, 5.41) is 13.7. The first-order valence-electron chi connectivity index (χ1n) is 11.6. The van der Waals surface area contributed by atoms with Gasteiger partial charge in [0.2, 0.25) is 0 Å². The van der Waals surface area contributed by atoms with Gasteiger partial charge in [-0.25, -0.2) is 0 Å². The first-order valence-corrected chi connectivity index (χ1v) is 11.6. The number of nitrogens with one attached hydrogen (secondary N) is 2. The van der Waals surface area contributed by atoms with Crippen molar-refractivity contribution in [3.05, 3.63) is 76.4 Å². The molecule has 0 saturated carbocycles. The summed E-state index contributed by atoms with van der Waals surface area (Å²) >= 11 is 0. The van der Waals surface area contributed by atoms with Crippen molar-refractivity contribution in [3.63, 3.8) is 0 Å². The van der Waals surface area contributed by atoms with E-state index >= 15 is 0 Å². The van der Waals surface area contributed by atoms with Crippen molar-refractivity contribution < 1.29 is 18.0 Å². The second-order valence-electron chi connectivity index (χ2n) is 9.92. The number of alkyl halides is 3. The van der Waals surface area contributed by atoms with E-state index < -0.39 is 29.0 Å². The van der Waals surface area contributed by atoms with Crippen molar-refractivity contribution in [2.24, 2.45) is 10.2 Å². The highest BCUT2D eigenvalue weighted by atomic mass is 19.4. The Kier molecular flexibility index (Phi) is 5.16. The number of aromatic nitrogens is 1. The van der Waals surface area contributed by atoms with E-state index in [1.54, 1.807) is 12.3 Å². The summed E-state index contributed by atoms with van der Waals surface area (Å²) in [4.78, 5) is 17.8. The third-order valence-corrected chi connectivity index (χ3v) is 6.98. The summed E-state index contributed by atoms with van der Waals surface area (Å²) in [5.41, 5.74) is 1.11. The molecule has 1 amide bonds. The Morgan fingerprint density at radius 2 is 1.89 bits per heavy atom. The molecule has 3 aliphatic heterocycles. The number of nitrogens with zero attached hydrogens (tertiary/aromatic N) is 3. The molecule has 1 aromatic heterocycles. The zero-order valence-electron chi connectivity index (χ0n) is 19.9. The monoisotopic (exact) mass is 481 g/mol. The Balaban J connectivity index is 1.82. The number of azo groups is 1. The lowest BCUT2D eigenvalue weighted by Crippen LogP contribution is -2.58. The number of hydrogen-bond donors (Lipinski definition) is 2. The molecule has 2 aromatic rings. The third kappa shape index (κ3) is 3.64. The predicted octanol–water partition coefficient (Wildman–Crippen LogP) is 5.47. The molecule has 4 heterocycles. The zero-order chi connectivity index (χ0) is 25.2. The molecule has 1 aromatic carbocycles. The van der Waals surface area contributed by atoms with Gasteiger partial charge in [-0.05, 0) is 62.1 Å². The van der Waals surface area contributed by atoms with E-state index in [4.69, 9.17) is 0 Å². The summed E-state index contributed by atoms with van der Waals surface area (Å²) in [6.07, 6.45) is -3.32. The molecule has 182 valence electrons. The van der Waals surface area contributed by atoms with Crippen LogP contribution in [-0.4, -0.2) is 28.8 Å². The van der Waals surface area contributed by atoms with Gasteiger partial charge in [0.1, 0.15) is 0 Å². The van der Waals surface area contributed by atoms with Gasteiger partial charge < -0.3 is 10.6 Å². The quantitative estimate of drug-likeness (QED) is 0.610. The van der Waals surface area contributed by atoms with Gasteiger partial charge in [-0.3, -0.25) is 9.78 Å². The normalized spacial score (nSPS) is 25.2. The molecule has 0 radical (unpaired) electrons. The minimum atomic E-state index is -4.71. The number of rotatable bonds is 3. The summed E-state index contributed by atoms with van der Waals surface area (Å²) in [7, 11) is 0. The smallest absolute Gasteiger partial charge is 0.362 e. The summed E-state index contributed by atoms with van der Waals surface area (Å²) in [6, 6.07) is 11.2. The van der Waals surface area contributed by atoms with Gasteiger partial charge in [-0.2, -0.15) is 18.3 Å². The van der Waals surface area contributed by atoms with Crippen LogP contribution in [-0.2, 0) is 10.2 Å². The first-order chi connectivity index (χ1) is 16.5. The molecule has 0 fully saturated rings. The Morgan fingerprint density at radius 1 is 1.14 bits per heavy atom.